The molecule has 1 aliphatic rings. The van der Waals surface area contributed by atoms with Crippen molar-refractivity contribution in [2.75, 3.05) is 24.6 Å². The van der Waals surface area contributed by atoms with Crippen LogP contribution in [0.15, 0.2) is 29.0 Å². The third-order valence-corrected chi connectivity index (χ3v) is 5.01. The smallest absolute Gasteiger partial charge is 0.259 e. The van der Waals surface area contributed by atoms with Gasteiger partial charge >= 0.3 is 0 Å². The van der Waals surface area contributed by atoms with Gasteiger partial charge in [-0.05, 0) is 30.7 Å². The standard InChI is InChI=1S/C16H19N3O2S/c1-11-9-19(6-7-22-10-11)16(20)14-12(2)21-18-15(14)13-4-3-5-17-8-13/h3-5,8,11H,6-7,9-10H2,1-2H3. The lowest BCUT2D eigenvalue weighted by Gasteiger charge is -2.22. The van der Waals surface area contributed by atoms with Crippen molar-refractivity contribution in [2.24, 2.45) is 5.92 Å². The van der Waals surface area contributed by atoms with E-state index in [0.29, 0.717) is 22.9 Å². The Kier molecular flexibility index (Phi) is 4.47. The second-order valence-electron chi connectivity index (χ2n) is 5.64. The number of pyridine rings is 1. The number of carbonyl (C=O) groups excluding carboxylic acids is 1. The van der Waals surface area contributed by atoms with Crippen molar-refractivity contribution in [3.63, 3.8) is 0 Å². The molecule has 6 heteroatoms. The molecule has 2 aromatic rings. The van der Waals surface area contributed by atoms with Gasteiger partial charge in [-0.3, -0.25) is 9.78 Å². The van der Waals surface area contributed by atoms with Crippen LogP contribution in [-0.2, 0) is 0 Å². The highest BCUT2D eigenvalue weighted by Crippen LogP contribution is 2.27. The summed E-state index contributed by atoms with van der Waals surface area (Å²) in [5, 5.41) is 4.08. The number of amides is 1. The molecule has 1 atom stereocenters. The lowest BCUT2D eigenvalue weighted by molar-refractivity contribution is 0.0750. The molecule has 1 amide bonds. The number of aromatic nitrogens is 2. The van der Waals surface area contributed by atoms with Crippen LogP contribution in [0.4, 0.5) is 0 Å². The number of carbonyl (C=O) groups is 1. The van der Waals surface area contributed by atoms with Crippen LogP contribution in [0.3, 0.4) is 0 Å². The van der Waals surface area contributed by atoms with Crippen molar-refractivity contribution in [1.29, 1.82) is 0 Å². The molecule has 0 aliphatic carbocycles. The molecule has 0 spiro atoms. The molecule has 0 aromatic carbocycles. The van der Waals surface area contributed by atoms with Crippen LogP contribution in [0.2, 0.25) is 0 Å². The average molecular weight is 317 g/mol. The highest BCUT2D eigenvalue weighted by molar-refractivity contribution is 7.99. The third kappa shape index (κ3) is 3.02. The molecular weight excluding hydrogens is 298 g/mol. The zero-order chi connectivity index (χ0) is 15.5. The van der Waals surface area contributed by atoms with Gasteiger partial charge in [0.1, 0.15) is 17.0 Å². The average Bonchev–Trinajstić information content (AvgIpc) is 2.78. The Labute approximate surface area is 134 Å². The summed E-state index contributed by atoms with van der Waals surface area (Å²) in [6.45, 7) is 5.52. The molecule has 3 rings (SSSR count). The van der Waals surface area contributed by atoms with Crippen molar-refractivity contribution >= 4 is 17.7 Å². The molecule has 0 bridgehead atoms. The topological polar surface area (TPSA) is 59.2 Å². The van der Waals surface area contributed by atoms with E-state index in [-0.39, 0.29) is 5.91 Å². The SMILES string of the molecule is Cc1onc(-c2cccnc2)c1C(=O)N1CCSCC(C)C1. The Bertz CT molecular complexity index is 657. The minimum atomic E-state index is 0.00644. The van der Waals surface area contributed by atoms with Crippen molar-refractivity contribution < 1.29 is 9.32 Å². The van der Waals surface area contributed by atoms with E-state index in [1.807, 2.05) is 28.8 Å². The predicted octanol–water partition coefficient (Wildman–Crippen LogP) is 2.87. The number of aryl methyl sites for hydroxylation is 1. The van der Waals surface area contributed by atoms with Crippen LogP contribution in [0.1, 0.15) is 23.0 Å². The van der Waals surface area contributed by atoms with Crippen molar-refractivity contribution in [3.8, 4) is 11.3 Å². The number of hydrogen-bond donors (Lipinski definition) is 0. The van der Waals surface area contributed by atoms with Crippen LogP contribution in [0.25, 0.3) is 11.3 Å². The van der Waals surface area contributed by atoms with Gasteiger partial charge in [0.2, 0.25) is 0 Å². The number of nitrogens with zero attached hydrogens (tertiary/aromatic N) is 3. The Morgan fingerprint density at radius 1 is 1.50 bits per heavy atom. The fourth-order valence-corrected chi connectivity index (χ4v) is 3.67. The molecule has 1 fully saturated rings. The van der Waals surface area contributed by atoms with Gasteiger partial charge in [-0.25, -0.2) is 0 Å². The normalized spacial score (nSPS) is 19.0. The van der Waals surface area contributed by atoms with Gasteiger partial charge in [-0.1, -0.05) is 12.1 Å². The highest BCUT2D eigenvalue weighted by atomic mass is 32.2. The summed E-state index contributed by atoms with van der Waals surface area (Å²) in [4.78, 5) is 19.0. The summed E-state index contributed by atoms with van der Waals surface area (Å²) in [7, 11) is 0. The summed E-state index contributed by atoms with van der Waals surface area (Å²) < 4.78 is 5.29. The maximum atomic E-state index is 13.0. The van der Waals surface area contributed by atoms with Gasteiger partial charge in [0.05, 0.1) is 0 Å². The maximum Gasteiger partial charge on any atom is 0.259 e. The van der Waals surface area contributed by atoms with Crippen LogP contribution in [0.5, 0.6) is 0 Å². The first-order valence-corrected chi connectivity index (χ1v) is 8.56. The number of rotatable bonds is 2. The minimum Gasteiger partial charge on any atom is -0.360 e. The lowest BCUT2D eigenvalue weighted by atomic mass is 10.1. The molecule has 0 N–H and O–H groups in total. The Balaban J connectivity index is 1.94. The monoisotopic (exact) mass is 317 g/mol. The third-order valence-electron chi connectivity index (χ3n) is 3.74. The number of thioether (sulfide) groups is 1. The van der Waals surface area contributed by atoms with Gasteiger partial charge in [0.15, 0.2) is 0 Å². The Hall–Kier alpha value is -1.82. The highest BCUT2D eigenvalue weighted by Gasteiger charge is 2.28. The fraction of sp³-hybridized carbons (Fsp3) is 0.438. The van der Waals surface area contributed by atoms with Crippen LogP contribution in [0, 0.1) is 12.8 Å². The zero-order valence-electron chi connectivity index (χ0n) is 12.8. The quantitative estimate of drug-likeness (QED) is 0.852. The van der Waals surface area contributed by atoms with Gasteiger partial charge in [0.25, 0.3) is 5.91 Å². The molecule has 2 aromatic heterocycles. The molecule has 1 unspecified atom stereocenters. The first-order valence-electron chi connectivity index (χ1n) is 7.40. The number of hydrogen-bond acceptors (Lipinski definition) is 5. The van der Waals surface area contributed by atoms with Crippen molar-refractivity contribution in [3.05, 3.63) is 35.9 Å². The molecule has 0 radical (unpaired) electrons. The molecular formula is C16H19N3O2S. The van der Waals surface area contributed by atoms with E-state index < -0.39 is 0 Å². The van der Waals surface area contributed by atoms with E-state index in [1.165, 1.54) is 0 Å². The molecule has 1 saturated heterocycles. The minimum absolute atomic E-state index is 0.00644. The molecule has 0 saturated carbocycles. The van der Waals surface area contributed by atoms with E-state index in [0.717, 1.165) is 30.2 Å². The van der Waals surface area contributed by atoms with E-state index in [9.17, 15) is 4.79 Å². The lowest BCUT2D eigenvalue weighted by Crippen LogP contribution is -2.35. The van der Waals surface area contributed by atoms with Crippen molar-refractivity contribution in [2.45, 2.75) is 13.8 Å². The van der Waals surface area contributed by atoms with Gasteiger partial charge in [-0.15, -0.1) is 0 Å². The van der Waals surface area contributed by atoms with Gasteiger partial charge in [-0.2, -0.15) is 11.8 Å². The zero-order valence-corrected chi connectivity index (χ0v) is 13.6. The summed E-state index contributed by atoms with van der Waals surface area (Å²) in [6, 6.07) is 3.72. The van der Waals surface area contributed by atoms with Crippen molar-refractivity contribution in [1.82, 2.24) is 15.0 Å². The van der Waals surface area contributed by atoms with E-state index in [4.69, 9.17) is 4.52 Å². The first-order chi connectivity index (χ1) is 10.7. The second kappa shape index (κ2) is 6.52. The second-order valence-corrected chi connectivity index (χ2v) is 6.79. The first kappa shape index (κ1) is 15.1. The Morgan fingerprint density at radius 3 is 3.14 bits per heavy atom. The summed E-state index contributed by atoms with van der Waals surface area (Å²) in [6.07, 6.45) is 3.40. The predicted molar refractivity (Wildman–Crippen MR) is 86.9 cm³/mol. The summed E-state index contributed by atoms with van der Waals surface area (Å²) >= 11 is 1.90. The molecule has 3 heterocycles. The van der Waals surface area contributed by atoms with Crippen LogP contribution >= 0.6 is 11.8 Å². The summed E-state index contributed by atoms with van der Waals surface area (Å²) in [5.41, 5.74) is 1.95. The van der Waals surface area contributed by atoms with E-state index >= 15 is 0 Å². The molecule has 116 valence electrons. The van der Waals surface area contributed by atoms with Gasteiger partial charge in [0, 0.05) is 36.8 Å². The molecule has 1 aliphatic heterocycles. The van der Waals surface area contributed by atoms with Crippen LogP contribution < -0.4 is 0 Å². The Morgan fingerprint density at radius 2 is 2.36 bits per heavy atom. The largest absolute Gasteiger partial charge is 0.360 e. The summed E-state index contributed by atoms with van der Waals surface area (Å²) in [5.74, 6) is 3.14. The van der Waals surface area contributed by atoms with Gasteiger partial charge < -0.3 is 9.42 Å². The van der Waals surface area contributed by atoms with E-state index in [2.05, 4.69) is 17.1 Å². The van der Waals surface area contributed by atoms with E-state index in [1.54, 1.807) is 19.3 Å². The maximum absolute atomic E-state index is 13.0. The van der Waals surface area contributed by atoms with Crippen LogP contribution in [-0.4, -0.2) is 45.5 Å². The molecule has 22 heavy (non-hydrogen) atoms. The fourth-order valence-electron chi connectivity index (χ4n) is 2.65. The molecule has 5 nitrogen and oxygen atoms in total.